The minimum absolute atomic E-state index is 0.245. The molecule has 2 rings (SSSR count). The largest absolute Gasteiger partial charge is 0.368 e. The Bertz CT molecular complexity index is 312. The standard InChI is InChI=1S/C9H11N3O/c10-9(13)6-12-5-7-3-1-2-4-8(7)11-12/h1-4,11H,5-6H2,(H2,10,13). The van der Waals surface area contributed by atoms with Crippen LogP contribution in [0.15, 0.2) is 24.3 Å². The van der Waals surface area contributed by atoms with Crippen LogP contribution in [0.5, 0.6) is 0 Å². The van der Waals surface area contributed by atoms with Crippen molar-refractivity contribution in [2.45, 2.75) is 6.54 Å². The average molecular weight is 177 g/mol. The van der Waals surface area contributed by atoms with Gasteiger partial charge in [0.15, 0.2) is 0 Å². The van der Waals surface area contributed by atoms with Crippen molar-refractivity contribution in [3.05, 3.63) is 29.8 Å². The number of amides is 1. The number of nitrogens with zero attached hydrogens (tertiary/aromatic N) is 1. The summed E-state index contributed by atoms with van der Waals surface area (Å²) in [7, 11) is 0. The van der Waals surface area contributed by atoms with Crippen molar-refractivity contribution in [2.75, 3.05) is 12.0 Å². The minimum atomic E-state index is -0.319. The second kappa shape index (κ2) is 3.06. The topological polar surface area (TPSA) is 58.4 Å². The van der Waals surface area contributed by atoms with E-state index in [4.69, 9.17) is 5.73 Å². The third-order valence-corrected chi connectivity index (χ3v) is 2.00. The van der Waals surface area contributed by atoms with Crippen LogP contribution in [-0.4, -0.2) is 17.5 Å². The molecule has 0 spiro atoms. The van der Waals surface area contributed by atoms with Crippen LogP contribution >= 0.6 is 0 Å². The number of nitrogens with one attached hydrogen (secondary N) is 1. The number of para-hydroxylation sites is 1. The highest BCUT2D eigenvalue weighted by atomic mass is 16.1. The Morgan fingerprint density at radius 2 is 2.31 bits per heavy atom. The van der Waals surface area contributed by atoms with Crippen LogP contribution in [0, 0.1) is 0 Å². The Morgan fingerprint density at radius 1 is 1.54 bits per heavy atom. The highest BCUT2D eigenvalue weighted by Gasteiger charge is 2.18. The van der Waals surface area contributed by atoms with Gasteiger partial charge >= 0.3 is 0 Å². The van der Waals surface area contributed by atoms with Gasteiger partial charge in [-0.05, 0) is 11.6 Å². The predicted octanol–water partition coefficient (Wildman–Crippen LogP) is 0.314. The van der Waals surface area contributed by atoms with Crippen molar-refractivity contribution in [1.82, 2.24) is 5.01 Å². The van der Waals surface area contributed by atoms with E-state index in [1.165, 1.54) is 5.56 Å². The summed E-state index contributed by atoms with van der Waals surface area (Å²) in [6.45, 7) is 0.980. The van der Waals surface area contributed by atoms with Gasteiger partial charge in [0.1, 0.15) is 0 Å². The maximum Gasteiger partial charge on any atom is 0.233 e. The Kier molecular flexibility index (Phi) is 1.90. The van der Waals surface area contributed by atoms with Crippen molar-refractivity contribution < 1.29 is 4.79 Å². The zero-order valence-corrected chi connectivity index (χ0v) is 7.16. The van der Waals surface area contributed by atoms with Gasteiger partial charge in [0.25, 0.3) is 0 Å². The molecular formula is C9H11N3O. The molecule has 0 fully saturated rings. The molecular weight excluding hydrogens is 166 g/mol. The molecule has 1 amide bonds. The number of nitrogens with two attached hydrogens (primary N) is 1. The SMILES string of the molecule is NC(=O)CN1Cc2ccccc2N1. The van der Waals surface area contributed by atoms with E-state index in [1.807, 2.05) is 24.3 Å². The lowest BCUT2D eigenvalue weighted by molar-refractivity contribution is -0.118. The number of carbonyl (C=O) groups is 1. The van der Waals surface area contributed by atoms with Crippen molar-refractivity contribution in [1.29, 1.82) is 0 Å². The maximum atomic E-state index is 10.6. The fraction of sp³-hybridized carbons (Fsp3) is 0.222. The van der Waals surface area contributed by atoms with Crippen molar-refractivity contribution in [3.63, 3.8) is 0 Å². The molecule has 0 aliphatic carbocycles. The number of hydrogen-bond acceptors (Lipinski definition) is 3. The molecule has 4 heteroatoms. The molecule has 0 bridgehead atoms. The summed E-state index contributed by atoms with van der Waals surface area (Å²) in [5.74, 6) is -0.319. The molecule has 0 aromatic heterocycles. The van der Waals surface area contributed by atoms with Gasteiger partial charge < -0.3 is 11.2 Å². The van der Waals surface area contributed by atoms with Crippen LogP contribution in [0.1, 0.15) is 5.56 Å². The Labute approximate surface area is 76.3 Å². The number of hydrogen-bond donors (Lipinski definition) is 2. The van der Waals surface area contributed by atoms with E-state index in [0.717, 1.165) is 12.2 Å². The fourth-order valence-electron chi connectivity index (χ4n) is 1.47. The molecule has 1 heterocycles. The first-order chi connectivity index (χ1) is 6.25. The lowest BCUT2D eigenvalue weighted by atomic mass is 10.2. The zero-order chi connectivity index (χ0) is 9.26. The molecule has 0 radical (unpaired) electrons. The van der Waals surface area contributed by atoms with Gasteiger partial charge in [0, 0.05) is 6.54 Å². The van der Waals surface area contributed by atoms with Crippen LogP contribution in [0.3, 0.4) is 0 Å². The molecule has 0 unspecified atom stereocenters. The van der Waals surface area contributed by atoms with E-state index in [2.05, 4.69) is 5.43 Å². The monoisotopic (exact) mass is 177 g/mol. The number of hydrazine groups is 1. The summed E-state index contributed by atoms with van der Waals surface area (Å²) < 4.78 is 0. The Balaban J connectivity index is 2.09. The second-order valence-electron chi connectivity index (χ2n) is 3.09. The van der Waals surface area contributed by atoms with Gasteiger partial charge in [-0.2, -0.15) is 0 Å². The van der Waals surface area contributed by atoms with E-state index >= 15 is 0 Å². The number of anilines is 1. The molecule has 68 valence electrons. The van der Waals surface area contributed by atoms with Crippen LogP contribution in [0.2, 0.25) is 0 Å². The summed E-state index contributed by atoms with van der Waals surface area (Å²) in [6, 6.07) is 7.95. The number of carbonyl (C=O) groups excluding carboxylic acids is 1. The third kappa shape index (κ3) is 1.62. The summed E-state index contributed by atoms with van der Waals surface area (Å²) in [4.78, 5) is 10.6. The van der Waals surface area contributed by atoms with Gasteiger partial charge in [-0.15, -0.1) is 0 Å². The van der Waals surface area contributed by atoms with Gasteiger partial charge in [0.2, 0.25) is 5.91 Å². The number of benzene rings is 1. The summed E-state index contributed by atoms with van der Waals surface area (Å²) in [6.07, 6.45) is 0. The van der Waals surface area contributed by atoms with E-state index in [1.54, 1.807) is 5.01 Å². The van der Waals surface area contributed by atoms with E-state index in [0.29, 0.717) is 0 Å². The van der Waals surface area contributed by atoms with Crippen molar-refractivity contribution in [2.24, 2.45) is 5.73 Å². The lowest BCUT2D eigenvalue weighted by Gasteiger charge is -2.12. The quantitative estimate of drug-likeness (QED) is 0.683. The zero-order valence-electron chi connectivity index (χ0n) is 7.16. The van der Waals surface area contributed by atoms with Crippen LogP contribution in [0.25, 0.3) is 0 Å². The molecule has 1 aliphatic heterocycles. The maximum absolute atomic E-state index is 10.6. The Hall–Kier alpha value is -1.55. The number of primary amides is 1. The van der Waals surface area contributed by atoms with E-state index in [-0.39, 0.29) is 12.5 Å². The van der Waals surface area contributed by atoms with E-state index < -0.39 is 0 Å². The first kappa shape index (κ1) is 8.07. The molecule has 3 N–H and O–H groups in total. The first-order valence-electron chi connectivity index (χ1n) is 4.13. The smallest absolute Gasteiger partial charge is 0.233 e. The highest BCUT2D eigenvalue weighted by molar-refractivity contribution is 5.76. The van der Waals surface area contributed by atoms with Gasteiger partial charge in [-0.3, -0.25) is 4.79 Å². The van der Waals surface area contributed by atoms with Crippen LogP contribution in [0.4, 0.5) is 5.69 Å². The van der Waals surface area contributed by atoms with Gasteiger partial charge in [-0.1, -0.05) is 18.2 Å². The molecule has 1 aliphatic rings. The van der Waals surface area contributed by atoms with Crippen LogP contribution < -0.4 is 11.2 Å². The number of fused-ring (bicyclic) bond motifs is 1. The molecule has 4 nitrogen and oxygen atoms in total. The fourth-order valence-corrected chi connectivity index (χ4v) is 1.47. The molecule has 0 atom stereocenters. The Morgan fingerprint density at radius 3 is 3.00 bits per heavy atom. The summed E-state index contributed by atoms with van der Waals surface area (Å²) in [5.41, 5.74) is 10.4. The first-order valence-corrected chi connectivity index (χ1v) is 4.13. The number of rotatable bonds is 2. The molecule has 0 saturated heterocycles. The van der Waals surface area contributed by atoms with Gasteiger partial charge in [0.05, 0.1) is 12.2 Å². The second-order valence-corrected chi connectivity index (χ2v) is 3.09. The van der Waals surface area contributed by atoms with Gasteiger partial charge in [-0.25, -0.2) is 5.01 Å². The summed E-state index contributed by atoms with van der Waals surface area (Å²) >= 11 is 0. The normalized spacial score (nSPS) is 15.1. The molecule has 1 aromatic rings. The molecule has 1 aromatic carbocycles. The lowest BCUT2D eigenvalue weighted by Crippen LogP contribution is -2.33. The van der Waals surface area contributed by atoms with Crippen LogP contribution in [-0.2, 0) is 11.3 Å². The molecule has 0 saturated carbocycles. The predicted molar refractivity (Wildman–Crippen MR) is 49.7 cm³/mol. The summed E-state index contributed by atoms with van der Waals surface area (Å²) in [5, 5.41) is 1.80. The van der Waals surface area contributed by atoms with Crippen molar-refractivity contribution >= 4 is 11.6 Å². The molecule has 13 heavy (non-hydrogen) atoms. The average Bonchev–Trinajstić information content (AvgIpc) is 2.44. The van der Waals surface area contributed by atoms with E-state index in [9.17, 15) is 4.79 Å². The minimum Gasteiger partial charge on any atom is -0.368 e. The van der Waals surface area contributed by atoms with Crippen molar-refractivity contribution in [3.8, 4) is 0 Å². The highest BCUT2D eigenvalue weighted by Crippen LogP contribution is 2.23. The third-order valence-electron chi connectivity index (χ3n) is 2.00.